The Morgan fingerprint density at radius 2 is 1.75 bits per heavy atom. The first-order valence-electron chi connectivity index (χ1n) is 10.8. The number of hydrogen-bond donors (Lipinski definition) is 4. The fourth-order valence-electron chi connectivity index (χ4n) is 3.30. The average Bonchev–Trinajstić information content (AvgIpc) is 2.82. The molecular formula is C25H30ClN5O. The quantitative estimate of drug-likeness (QED) is 0.314. The van der Waals surface area contributed by atoms with E-state index in [1.165, 1.54) is 5.56 Å². The number of likely N-dealkylation sites (N-methyl/N-ethyl adjacent to an activating group) is 1. The Balaban J connectivity index is 1.57. The van der Waals surface area contributed by atoms with Crippen molar-refractivity contribution in [3.8, 4) is 0 Å². The average molecular weight is 452 g/mol. The van der Waals surface area contributed by atoms with Gasteiger partial charge in [-0.05, 0) is 55.4 Å². The zero-order valence-corrected chi connectivity index (χ0v) is 19.0. The molecule has 32 heavy (non-hydrogen) atoms. The molecule has 6 nitrogen and oxygen atoms in total. The van der Waals surface area contributed by atoms with Crippen LogP contribution in [0.1, 0.15) is 17.0 Å². The van der Waals surface area contributed by atoms with Crippen molar-refractivity contribution in [2.45, 2.75) is 12.3 Å². The molecule has 0 aliphatic heterocycles. The Bertz CT molecular complexity index is 948. The van der Waals surface area contributed by atoms with Gasteiger partial charge in [0, 0.05) is 24.7 Å². The van der Waals surface area contributed by atoms with Crippen molar-refractivity contribution in [2.24, 2.45) is 0 Å². The van der Waals surface area contributed by atoms with Crippen molar-refractivity contribution in [2.75, 3.05) is 43.9 Å². The van der Waals surface area contributed by atoms with Crippen LogP contribution in [0.5, 0.6) is 0 Å². The number of aromatic nitrogens is 1. The van der Waals surface area contributed by atoms with Gasteiger partial charge in [0.25, 0.3) is 0 Å². The Hall–Kier alpha value is -2.93. The van der Waals surface area contributed by atoms with Gasteiger partial charge in [-0.3, -0.25) is 4.79 Å². The zero-order chi connectivity index (χ0) is 22.6. The summed E-state index contributed by atoms with van der Waals surface area (Å²) in [5.41, 5.74) is 3.09. The molecule has 0 bridgehead atoms. The standard InChI is InChI=1S/C25H30ClN5O/c1-27-15-16-29-22-11-12-24(30-17-22)31-25(32)23(20-5-3-2-4-6-20)18-28-14-13-19-7-9-21(26)10-8-19/h2-12,17,23,27-29H,13-16,18H2,1H3,(H,30,31,32). The molecule has 0 spiro atoms. The van der Waals surface area contributed by atoms with Crippen molar-refractivity contribution in [1.29, 1.82) is 0 Å². The minimum absolute atomic E-state index is 0.0846. The fourth-order valence-corrected chi connectivity index (χ4v) is 3.42. The van der Waals surface area contributed by atoms with Crippen LogP contribution in [0.25, 0.3) is 0 Å². The lowest BCUT2D eigenvalue weighted by Gasteiger charge is -2.18. The Labute approximate surface area is 194 Å². The maximum absolute atomic E-state index is 13.1. The number of nitrogens with zero attached hydrogens (tertiary/aromatic N) is 1. The van der Waals surface area contributed by atoms with Gasteiger partial charge in [-0.2, -0.15) is 0 Å². The summed E-state index contributed by atoms with van der Waals surface area (Å²) in [7, 11) is 1.91. The molecular weight excluding hydrogens is 422 g/mol. The predicted octanol–water partition coefficient (Wildman–Crippen LogP) is 3.92. The molecule has 1 aromatic heterocycles. The smallest absolute Gasteiger partial charge is 0.234 e. The third-order valence-electron chi connectivity index (χ3n) is 5.09. The van der Waals surface area contributed by atoms with E-state index in [0.29, 0.717) is 12.4 Å². The summed E-state index contributed by atoms with van der Waals surface area (Å²) in [5, 5.41) is 13.5. The molecule has 4 N–H and O–H groups in total. The van der Waals surface area contributed by atoms with E-state index in [2.05, 4.69) is 26.3 Å². The van der Waals surface area contributed by atoms with Crippen molar-refractivity contribution >= 4 is 29.0 Å². The van der Waals surface area contributed by atoms with Crippen LogP contribution in [0, 0.1) is 0 Å². The third kappa shape index (κ3) is 7.64. The summed E-state index contributed by atoms with van der Waals surface area (Å²) in [6, 6.07) is 21.4. The molecule has 7 heteroatoms. The van der Waals surface area contributed by atoms with Gasteiger partial charge < -0.3 is 21.3 Å². The normalized spacial score (nSPS) is 11.7. The molecule has 0 radical (unpaired) electrons. The Morgan fingerprint density at radius 3 is 2.44 bits per heavy atom. The SMILES string of the molecule is CNCCNc1ccc(NC(=O)C(CNCCc2ccc(Cl)cc2)c2ccccc2)nc1. The first-order chi connectivity index (χ1) is 15.7. The number of hydrogen-bond acceptors (Lipinski definition) is 5. The Morgan fingerprint density at radius 1 is 0.969 bits per heavy atom. The molecule has 0 aliphatic rings. The van der Waals surface area contributed by atoms with Gasteiger partial charge in [-0.15, -0.1) is 0 Å². The lowest BCUT2D eigenvalue weighted by atomic mass is 9.98. The van der Waals surface area contributed by atoms with E-state index >= 15 is 0 Å². The van der Waals surface area contributed by atoms with E-state index in [4.69, 9.17) is 11.6 Å². The molecule has 168 valence electrons. The van der Waals surface area contributed by atoms with Gasteiger partial charge in [-0.25, -0.2) is 4.98 Å². The minimum atomic E-state index is -0.323. The number of carbonyl (C=O) groups is 1. The van der Waals surface area contributed by atoms with Gasteiger partial charge in [0.2, 0.25) is 5.91 Å². The number of halogens is 1. The Kier molecular flexibility index (Phi) is 9.50. The summed E-state index contributed by atoms with van der Waals surface area (Å²) >= 11 is 5.95. The lowest BCUT2D eigenvalue weighted by molar-refractivity contribution is -0.117. The molecule has 0 fully saturated rings. The summed E-state index contributed by atoms with van der Waals surface area (Å²) in [6.07, 6.45) is 2.59. The van der Waals surface area contributed by atoms with Crippen molar-refractivity contribution in [1.82, 2.24) is 15.6 Å². The van der Waals surface area contributed by atoms with Crippen LogP contribution in [0.2, 0.25) is 5.02 Å². The van der Waals surface area contributed by atoms with Gasteiger partial charge >= 0.3 is 0 Å². The predicted molar refractivity (Wildman–Crippen MR) is 132 cm³/mol. The number of amides is 1. The summed E-state index contributed by atoms with van der Waals surface area (Å²) < 4.78 is 0. The second-order valence-corrected chi connectivity index (χ2v) is 7.93. The fraction of sp³-hybridized carbons (Fsp3) is 0.280. The molecule has 0 saturated carbocycles. The van der Waals surface area contributed by atoms with Crippen LogP contribution in [0.15, 0.2) is 72.9 Å². The highest BCUT2D eigenvalue weighted by molar-refractivity contribution is 6.30. The van der Waals surface area contributed by atoms with Crippen molar-refractivity contribution < 1.29 is 4.79 Å². The summed E-state index contributed by atoms with van der Waals surface area (Å²) in [5.74, 6) is 0.131. The zero-order valence-electron chi connectivity index (χ0n) is 18.3. The molecule has 0 aliphatic carbocycles. The topological polar surface area (TPSA) is 78.1 Å². The monoisotopic (exact) mass is 451 g/mol. The second-order valence-electron chi connectivity index (χ2n) is 7.50. The lowest BCUT2D eigenvalue weighted by Crippen LogP contribution is -2.32. The third-order valence-corrected chi connectivity index (χ3v) is 5.34. The van der Waals surface area contributed by atoms with Crippen LogP contribution < -0.4 is 21.3 Å². The first-order valence-corrected chi connectivity index (χ1v) is 11.2. The highest BCUT2D eigenvalue weighted by Crippen LogP contribution is 2.18. The van der Waals surface area contributed by atoms with Crippen LogP contribution >= 0.6 is 11.6 Å². The molecule has 1 atom stereocenters. The van der Waals surface area contributed by atoms with E-state index in [0.717, 1.165) is 42.3 Å². The van der Waals surface area contributed by atoms with Gasteiger partial charge in [-0.1, -0.05) is 54.1 Å². The van der Waals surface area contributed by atoms with Crippen LogP contribution in [-0.4, -0.2) is 44.1 Å². The molecule has 1 heterocycles. The number of anilines is 2. The van der Waals surface area contributed by atoms with E-state index in [1.807, 2.05) is 73.8 Å². The van der Waals surface area contributed by atoms with Crippen molar-refractivity contribution in [3.63, 3.8) is 0 Å². The van der Waals surface area contributed by atoms with Gasteiger partial charge in [0.15, 0.2) is 0 Å². The van der Waals surface area contributed by atoms with E-state index in [9.17, 15) is 4.79 Å². The van der Waals surface area contributed by atoms with E-state index < -0.39 is 0 Å². The highest BCUT2D eigenvalue weighted by Gasteiger charge is 2.20. The first kappa shape index (κ1) is 23.7. The van der Waals surface area contributed by atoms with Gasteiger partial charge in [0.1, 0.15) is 5.82 Å². The molecule has 1 unspecified atom stereocenters. The number of nitrogens with one attached hydrogen (secondary N) is 4. The van der Waals surface area contributed by atoms with Crippen LogP contribution in [0.4, 0.5) is 11.5 Å². The molecule has 1 amide bonds. The second kappa shape index (κ2) is 12.8. The van der Waals surface area contributed by atoms with Gasteiger partial charge in [0.05, 0.1) is 17.8 Å². The number of rotatable bonds is 12. The molecule has 3 aromatic rings. The highest BCUT2D eigenvalue weighted by atomic mass is 35.5. The van der Waals surface area contributed by atoms with Crippen molar-refractivity contribution in [3.05, 3.63) is 89.1 Å². The summed E-state index contributed by atoms with van der Waals surface area (Å²) in [4.78, 5) is 17.5. The van der Waals surface area contributed by atoms with Crippen LogP contribution in [0.3, 0.4) is 0 Å². The number of carbonyl (C=O) groups excluding carboxylic acids is 1. The van der Waals surface area contributed by atoms with E-state index in [-0.39, 0.29) is 11.8 Å². The molecule has 3 rings (SSSR count). The summed E-state index contributed by atoms with van der Waals surface area (Å²) in [6.45, 7) is 2.97. The minimum Gasteiger partial charge on any atom is -0.383 e. The maximum Gasteiger partial charge on any atom is 0.234 e. The number of benzene rings is 2. The van der Waals surface area contributed by atoms with Crippen LogP contribution in [-0.2, 0) is 11.2 Å². The maximum atomic E-state index is 13.1. The molecule has 0 saturated heterocycles. The van der Waals surface area contributed by atoms with E-state index in [1.54, 1.807) is 6.20 Å². The largest absolute Gasteiger partial charge is 0.383 e. The number of pyridine rings is 1. The molecule has 2 aromatic carbocycles.